The third-order valence-electron chi connectivity index (χ3n) is 4.77. The third kappa shape index (κ3) is 4.44. The highest BCUT2D eigenvalue weighted by Gasteiger charge is 2.41. The molecule has 5 nitrogen and oxygen atoms in total. The lowest BCUT2D eigenvalue weighted by Crippen LogP contribution is -2.50. The molecule has 0 bridgehead atoms. The maximum Gasteiger partial charge on any atom is 0.434 e. The minimum atomic E-state index is -4.71. The van der Waals surface area contributed by atoms with Gasteiger partial charge in [-0.15, -0.1) is 12.4 Å². The number of alkyl halides is 3. The normalized spacial score (nSPS) is 20.0. The van der Waals surface area contributed by atoms with Crippen LogP contribution in [0.3, 0.4) is 0 Å². The first-order chi connectivity index (χ1) is 12.3. The average Bonchev–Trinajstić information content (AvgIpc) is 3.02. The van der Waals surface area contributed by atoms with Crippen molar-refractivity contribution in [1.82, 2.24) is 20.4 Å². The number of rotatable bonds is 3. The predicted molar refractivity (Wildman–Crippen MR) is 98.5 cm³/mol. The van der Waals surface area contributed by atoms with Gasteiger partial charge in [0.05, 0.1) is 17.4 Å². The number of carbonyl (C=O) groups is 1. The number of hydrogen-bond acceptors (Lipinski definition) is 3. The molecule has 1 aliphatic rings. The summed E-state index contributed by atoms with van der Waals surface area (Å²) in [6.07, 6.45) is -2.85. The van der Waals surface area contributed by atoms with Crippen LogP contribution in [-0.4, -0.2) is 34.8 Å². The third-order valence-corrected chi connectivity index (χ3v) is 4.77. The number of piperidine rings is 1. The van der Waals surface area contributed by atoms with Crippen molar-refractivity contribution in [2.24, 2.45) is 5.92 Å². The summed E-state index contributed by atoms with van der Waals surface area (Å²) < 4.78 is 42.0. The molecule has 1 amide bonds. The van der Waals surface area contributed by atoms with Crippen LogP contribution in [-0.2, 0) is 6.18 Å². The number of nitrogens with one attached hydrogen (secondary N) is 2. The lowest BCUT2D eigenvalue weighted by Gasteiger charge is -2.30. The Morgan fingerprint density at radius 3 is 2.67 bits per heavy atom. The number of amides is 1. The second kappa shape index (κ2) is 8.31. The zero-order chi connectivity index (χ0) is 18.9. The summed E-state index contributed by atoms with van der Waals surface area (Å²) in [4.78, 5) is 12.6. The van der Waals surface area contributed by atoms with Gasteiger partial charge in [0.1, 0.15) is 0 Å². The van der Waals surface area contributed by atoms with Crippen LogP contribution in [0.4, 0.5) is 13.2 Å². The summed E-state index contributed by atoms with van der Waals surface area (Å²) in [5, 5.41) is 9.74. The first-order valence-corrected chi connectivity index (χ1v) is 8.52. The Balaban J connectivity index is 0.00000261. The van der Waals surface area contributed by atoms with Gasteiger partial charge in [0, 0.05) is 12.6 Å². The molecule has 0 spiro atoms. The average molecular weight is 403 g/mol. The fourth-order valence-electron chi connectivity index (χ4n) is 3.20. The van der Waals surface area contributed by atoms with Crippen molar-refractivity contribution in [2.75, 3.05) is 13.1 Å². The predicted octanol–water partition coefficient (Wildman–Crippen LogP) is 3.35. The summed E-state index contributed by atoms with van der Waals surface area (Å²) in [7, 11) is 0. The summed E-state index contributed by atoms with van der Waals surface area (Å²) >= 11 is 0. The van der Waals surface area contributed by atoms with Crippen molar-refractivity contribution in [1.29, 1.82) is 0 Å². The smallest absolute Gasteiger partial charge is 0.348 e. The van der Waals surface area contributed by atoms with Gasteiger partial charge in [-0.1, -0.05) is 25.1 Å². The van der Waals surface area contributed by atoms with Gasteiger partial charge in [-0.05, 0) is 37.4 Å². The van der Waals surface area contributed by atoms with Crippen molar-refractivity contribution in [3.8, 4) is 5.69 Å². The van der Waals surface area contributed by atoms with E-state index in [1.54, 1.807) is 31.2 Å². The largest absolute Gasteiger partial charge is 0.434 e. The summed E-state index contributed by atoms with van der Waals surface area (Å²) in [5.74, 6) is -0.557. The van der Waals surface area contributed by atoms with Gasteiger partial charge in [0.2, 0.25) is 0 Å². The van der Waals surface area contributed by atoms with E-state index in [2.05, 4.69) is 15.7 Å². The van der Waals surface area contributed by atoms with Crippen LogP contribution in [0.1, 0.15) is 35.0 Å². The number of aromatic nitrogens is 2. The van der Waals surface area contributed by atoms with Crippen LogP contribution >= 0.6 is 12.4 Å². The van der Waals surface area contributed by atoms with Gasteiger partial charge < -0.3 is 10.6 Å². The number of halogens is 4. The lowest BCUT2D eigenvalue weighted by molar-refractivity contribution is -0.143. The number of benzene rings is 1. The Bertz CT molecular complexity index is 806. The van der Waals surface area contributed by atoms with E-state index in [1.807, 2.05) is 6.92 Å². The van der Waals surface area contributed by atoms with Crippen molar-refractivity contribution in [3.05, 3.63) is 47.3 Å². The second-order valence-corrected chi connectivity index (χ2v) is 6.65. The SMILES string of the molecule is Cc1ccccc1-n1ncc(C(=O)NC2CNCCC2C)c1C(F)(F)F.Cl. The maximum atomic E-state index is 13.7. The van der Waals surface area contributed by atoms with Gasteiger partial charge in [0.25, 0.3) is 5.91 Å². The molecule has 1 saturated heterocycles. The molecular formula is C18H22ClF3N4O. The Labute approximate surface area is 161 Å². The van der Waals surface area contributed by atoms with E-state index in [1.165, 1.54) is 0 Å². The van der Waals surface area contributed by atoms with E-state index >= 15 is 0 Å². The van der Waals surface area contributed by atoms with Crippen LogP contribution in [0.25, 0.3) is 5.69 Å². The molecule has 3 rings (SSSR count). The monoisotopic (exact) mass is 402 g/mol. The van der Waals surface area contributed by atoms with Crippen molar-refractivity contribution < 1.29 is 18.0 Å². The molecule has 0 aliphatic carbocycles. The molecule has 2 atom stereocenters. The number of hydrogen-bond donors (Lipinski definition) is 2. The highest BCUT2D eigenvalue weighted by molar-refractivity contribution is 5.95. The topological polar surface area (TPSA) is 59.0 Å². The highest BCUT2D eigenvalue weighted by atomic mass is 35.5. The van der Waals surface area contributed by atoms with Gasteiger partial charge in [-0.3, -0.25) is 4.79 Å². The fourth-order valence-corrected chi connectivity index (χ4v) is 3.20. The minimum absolute atomic E-state index is 0. The van der Waals surface area contributed by atoms with Crippen LogP contribution in [0.5, 0.6) is 0 Å². The van der Waals surface area contributed by atoms with Crippen LogP contribution in [0.15, 0.2) is 30.5 Å². The van der Waals surface area contributed by atoms with Crippen LogP contribution < -0.4 is 10.6 Å². The van der Waals surface area contributed by atoms with E-state index in [-0.39, 0.29) is 24.4 Å². The first kappa shape index (κ1) is 21.2. The Kier molecular flexibility index (Phi) is 6.54. The molecule has 0 radical (unpaired) electrons. The molecule has 0 saturated carbocycles. The fraction of sp³-hybridized carbons (Fsp3) is 0.444. The Morgan fingerprint density at radius 1 is 1.33 bits per heavy atom. The van der Waals surface area contributed by atoms with Crippen molar-refractivity contribution in [3.63, 3.8) is 0 Å². The van der Waals surface area contributed by atoms with E-state index in [9.17, 15) is 18.0 Å². The zero-order valence-electron chi connectivity index (χ0n) is 15.0. The van der Waals surface area contributed by atoms with Crippen LogP contribution in [0.2, 0.25) is 0 Å². The van der Waals surface area contributed by atoms with Crippen molar-refractivity contribution >= 4 is 18.3 Å². The second-order valence-electron chi connectivity index (χ2n) is 6.65. The molecule has 27 heavy (non-hydrogen) atoms. The number of carbonyl (C=O) groups excluding carboxylic acids is 1. The van der Waals surface area contributed by atoms with E-state index < -0.39 is 23.3 Å². The van der Waals surface area contributed by atoms with Gasteiger partial charge in [-0.25, -0.2) is 4.68 Å². The highest BCUT2D eigenvalue weighted by Crippen LogP contribution is 2.34. The lowest BCUT2D eigenvalue weighted by atomic mass is 9.94. The summed E-state index contributed by atoms with van der Waals surface area (Å²) in [6, 6.07) is 6.41. The molecule has 1 aromatic heterocycles. The molecule has 2 aromatic rings. The molecule has 1 aliphatic heterocycles. The number of para-hydroxylation sites is 1. The van der Waals surface area contributed by atoms with Gasteiger partial charge >= 0.3 is 6.18 Å². The first-order valence-electron chi connectivity index (χ1n) is 8.52. The molecule has 2 unspecified atom stereocenters. The summed E-state index contributed by atoms with van der Waals surface area (Å²) in [6.45, 7) is 5.06. The van der Waals surface area contributed by atoms with E-state index in [0.717, 1.165) is 23.8 Å². The molecule has 1 aromatic carbocycles. The van der Waals surface area contributed by atoms with Gasteiger partial charge in [0.15, 0.2) is 5.69 Å². The van der Waals surface area contributed by atoms with Crippen LogP contribution in [0, 0.1) is 12.8 Å². The minimum Gasteiger partial charge on any atom is -0.348 e. The zero-order valence-corrected chi connectivity index (χ0v) is 15.8. The Morgan fingerprint density at radius 2 is 2.04 bits per heavy atom. The molecule has 9 heteroatoms. The van der Waals surface area contributed by atoms with E-state index in [4.69, 9.17) is 0 Å². The molecule has 2 heterocycles. The molecular weight excluding hydrogens is 381 g/mol. The number of nitrogens with zero attached hydrogens (tertiary/aromatic N) is 2. The van der Waals surface area contributed by atoms with Gasteiger partial charge in [-0.2, -0.15) is 18.3 Å². The summed E-state index contributed by atoms with van der Waals surface area (Å²) in [5.41, 5.74) is -0.580. The molecule has 2 N–H and O–H groups in total. The quantitative estimate of drug-likeness (QED) is 0.827. The van der Waals surface area contributed by atoms with E-state index in [0.29, 0.717) is 17.8 Å². The molecule has 1 fully saturated rings. The Hall–Kier alpha value is -2.06. The number of aryl methyl sites for hydroxylation is 1. The standard InChI is InChI=1S/C18H21F3N4O.ClH/c1-11-7-8-22-10-14(11)24-17(26)13-9-23-25(16(13)18(19,20)21)15-6-4-3-5-12(15)2;/h3-6,9,11,14,22H,7-8,10H2,1-2H3,(H,24,26);1H. The maximum absolute atomic E-state index is 13.7. The molecule has 148 valence electrons. The van der Waals surface area contributed by atoms with Crippen molar-refractivity contribution in [2.45, 2.75) is 32.5 Å².